The van der Waals surface area contributed by atoms with Gasteiger partial charge in [-0.3, -0.25) is 0 Å². The molecule has 2 aromatic rings. The van der Waals surface area contributed by atoms with Gasteiger partial charge < -0.3 is 4.84 Å². The average Bonchev–Trinajstić information content (AvgIpc) is 2.62. The molecule has 3 nitrogen and oxygen atoms in total. The standard InChI is InChI=1S/C9H6Br2N2O/c10-7-2-3-9(8(11)6-7)14-13-5-1-4-12-13/h1-6H. The minimum atomic E-state index is 0.719. The molecule has 14 heavy (non-hydrogen) atoms. The lowest BCUT2D eigenvalue weighted by Gasteiger charge is -2.06. The first kappa shape index (κ1) is 9.73. The summed E-state index contributed by atoms with van der Waals surface area (Å²) in [6.07, 6.45) is 3.39. The second-order valence-electron chi connectivity index (χ2n) is 2.57. The van der Waals surface area contributed by atoms with Crippen molar-refractivity contribution in [3.05, 3.63) is 45.6 Å². The molecule has 1 heterocycles. The lowest BCUT2D eigenvalue weighted by atomic mass is 10.3. The van der Waals surface area contributed by atoms with Gasteiger partial charge in [-0.25, -0.2) is 0 Å². The molecule has 0 radical (unpaired) electrons. The molecular formula is C9H6Br2N2O. The number of halogens is 2. The first-order valence-electron chi connectivity index (χ1n) is 3.89. The Balaban J connectivity index is 2.25. The lowest BCUT2D eigenvalue weighted by Crippen LogP contribution is -2.05. The van der Waals surface area contributed by atoms with Crippen LogP contribution in [0.5, 0.6) is 5.75 Å². The Morgan fingerprint density at radius 1 is 1.29 bits per heavy atom. The highest BCUT2D eigenvalue weighted by atomic mass is 79.9. The SMILES string of the molecule is Brc1ccc(On2cccn2)c(Br)c1. The van der Waals surface area contributed by atoms with Crippen LogP contribution in [0.1, 0.15) is 0 Å². The van der Waals surface area contributed by atoms with Gasteiger partial charge in [0.05, 0.1) is 16.9 Å². The largest absolute Gasteiger partial charge is 0.357 e. The number of nitrogens with zero attached hydrogens (tertiary/aromatic N) is 2. The van der Waals surface area contributed by atoms with Gasteiger partial charge in [0.25, 0.3) is 0 Å². The highest BCUT2D eigenvalue weighted by molar-refractivity contribution is 9.11. The number of benzene rings is 1. The zero-order valence-electron chi connectivity index (χ0n) is 7.02. The van der Waals surface area contributed by atoms with E-state index in [4.69, 9.17) is 4.84 Å². The third-order valence-corrected chi connectivity index (χ3v) is 2.68. The van der Waals surface area contributed by atoms with Crippen molar-refractivity contribution in [2.24, 2.45) is 0 Å². The first-order chi connectivity index (χ1) is 6.75. The van der Waals surface area contributed by atoms with Gasteiger partial charge in [0.15, 0.2) is 5.75 Å². The van der Waals surface area contributed by atoms with Crippen molar-refractivity contribution < 1.29 is 4.84 Å². The van der Waals surface area contributed by atoms with Crippen LogP contribution < -0.4 is 4.84 Å². The van der Waals surface area contributed by atoms with Crippen LogP contribution in [0.15, 0.2) is 45.6 Å². The van der Waals surface area contributed by atoms with Crippen LogP contribution in [0.3, 0.4) is 0 Å². The second kappa shape index (κ2) is 4.14. The summed E-state index contributed by atoms with van der Waals surface area (Å²) in [5, 5.41) is 3.94. The van der Waals surface area contributed by atoms with Crippen molar-refractivity contribution in [2.75, 3.05) is 0 Å². The van der Waals surface area contributed by atoms with Crippen molar-refractivity contribution in [3.63, 3.8) is 0 Å². The van der Waals surface area contributed by atoms with Gasteiger partial charge in [-0.05, 0) is 40.2 Å². The molecule has 1 aromatic carbocycles. The molecule has 72 valence electrons. The van der Waals surface area contributed by atoms with E-state index in [1.807, 2.05) is 18.2 Å². The Kier molecular flexibility index (Phi) is 2.88. The second-order valence-corrected chi connectivity index (χ2v) is 4.34. The highest BCUT2D eigenvalue weighted by Gasteiger charge is 2.02. The molecule has 2 rings (SSSR count). The smallest absolute Gasteiger partial charge is 0.172 e. The fourth-order valence-corrected chi connectivity index (χ4v) is 2.08. The van der Waals surface area contributed by atoms with E-state index < -0.39 is 0 Å². The summed E-state index contributed by atoms with van der Waals surface area (Å²) in [5.74, 6) is 0.719. The van der Waals surface area contributed by atoms with E-state index in [-0.39, 0.29) is 0 Å². The maximum absolute atomic E-state index is 5.44. The zero-order chi connectivity index (χ0) is 9.97. The van der Waals surface area contributed by atoms with Crippen molar-refractivity contribution >= 4 is 31.9 Å². The fraction of sp³-hybridized carbons (Fsp3) is 0. The molecule has 0 aliphatic heterocycles. The Hall–Kier alpha value is -0.810. The summed E-state index contributed by atoms with van der Waals surface area (Å²) in [5.41, 5.74) is 0. The van der Waals surface area contributed by atoms with Crippen LogP contribution in [0.2, 0.25) is 0 Å². The summed E-state index contributed by atoms with van der Waals surface area (Å²) in [4.78, 5) is 6.84. The maximum atomic E-state index is 5.44. The highest BCUT2D eigenvalue weighted by Crippen LogP contribution is 2.28. The number of hydrogen-bond acceptors (Lipinski definition) is 2. The summed E-state index contributed by atoms with van der Waals surface area (Å²) in [7, 11) is 0. The van der Waals surface area contributed by atoms with Gasteiger partial charge in [-0.1, -0.05) is 15.9 Å². The molecule has 0 bridgehead atoms. The van der Waals surface area contributed by atoms with Crippen LogP contribution in [0.25, 0.3) is 0 Å². The van der Waals surface area contributed by atoms with Gasteiger partial charge >= 0.3 is 0 Å². The van der Waals surface area contributed by atoms with E-state index in [0.717, 1.165) is 14.7 Å². The Morgan fingerprint density at radius 2 is 2.14 bits per heavy atom. The van der Waals surface area contributed by atoms with Gasteiger partial charge in [0.1, 0.15) is 0 Å². The third-order valence-electron chi connectivity index (χ3n) is 1.57. The minimum absolute atomic E-state index is 0.719. The molecule has 0 amide bonds. The topological polar surface area (TPSA) is 27.1 Å². The average molecular weight is 318 g/mol. The number of hydrogen-bond donors (Lipinski definition) is 0. The number of aromatic nitrogens is 2. The zero-order valence-corrected chi connectivity index (χ0v) is 10.2. The molecule has 0 saturated heterocycles. The van der Waals surface area contributed by atoms with Crippen molar-refractivity contribution in [1.29, 1.82) is 0 Å². The first-order valence-corrected chi connectivity index (χ1v) is 5.47. The molecule has 1 aromatic heterocycles. The van der Waals surface area contributed by atoms with Gasteiger partial charge in [-0.2, -0.15) is 0 Å². The molecule has 0 unspecified atom stereocenters. The molecule has 0 fully saturated rings. The van der Waals surface area contributed by atoms with Gasteiger partial charge in [-0.15, -0.1) is 9.94 Å². The lowest BCUT2D eigenvalue weighted by molar-refractivity contribution is 0.177. The number of rotatable bonds is 2. The normalized spacial score (nSPS) is 10.1. The molecule has 0 aliphatic rings. The van der Waals surface area contributed by atoms with Crippen LogP contribution in [0.4, 0.5) is 0 Å². The van der Waals surface area contributed by atoms with Crippen LogP contribution in [-0.4, -0.2) is 9.94 Å². The predicted molar refractivity (Wildman–Crippen MR) is 60.1 cm³/mol. The summed E-state index contributed by atoms with van der Waals surface area (Å²) in [6, 6.07) is 7.48. The minimum Gasteiger partial charge on any atom is -0.357 e. The van der Waals surface area contributed by atoms with Crippen LogP contribution >= 0.6 is 31.9 Å². The van der Waals surface area contributed by atoms with Gasteiger partial charge in [0.2, 0.25) is 0 Å². The molecule has 0 spiro atoms. The Morgan fingerprint density at radius 3 is 2.79 bits per heavy atom. The van der Waals surface area contributed by atoms with Crippen molar-refractivity contribution in [3.8, 4) is 5.75 Å². The van der Waals surface area contributed by atoms with E-state index in [2.05, 4.69) is 37.0 Å². The fourth-order valence-electron chi connectivity index (χ4n) is 0.959. The van der Waals surface area contributed by atoms with Crippen LogP contribution in [-0.2, 0) is 0 Å². The van der Waals surface area contributed by atoms with E-state index in [9.17, 15) is 0 Å². The van der Waals surface area contributed by atoms with E-state index in [1.54, 1.807) is 18.5 Å². The summed E-state index contributed by atoms with van der Waals surface area (Å²) >= 11 is 6.76. The molecule has 0 aliphatic carbocycles. The van der Waals surface area contributed by atoms with Gasteiger partial charge in [0, 0.05) is 4.47 Å². The summed E-state index contributed by atoms with van der Waals surface area (Å²) < 4.78 is 1.87. The molecule has 0 N–H and O–H groups in total. The third kappa shape index (κ3) is 2.16. The monoisotopic (exact) mass is 316 g/mol. The predicted octanol–water partition coefficient (Wildman–Crippen LogP) is 3.25. The van der Waals surface area contributed by atoms with E-state index in [0.29, 0.717) is 0 Å². The van der Waals surface area contributed by atoms with Crippen molar-refractivity contribution in [2.45, 2.75) is 0 Å². The van der Waals surface area contributed by atoms with E-state index in [1.165, 1.54) is 4.85 Å². The molecular weight excluding hydrogens is 312 g/mol. The molecule has 5 heteroatoms. The maximum Gasteiger partial charge on any atom is 0.172 e. The Labute approximate surface area is 97.9 Å². The molecule has 0 atom stereocenters. The van der Waals surface area contributed by atoms with Crippen molar-refractivity contribution in [1.82, 2.24) is 9.94 Å². The van der Waals surface area contributed by atoms with Crippen LogP contribution in [0, 0.1) is 0 Å². The molecule has 0 saturated carbocycles. The Bertz CT molecular complexity index is 428. The van der Waals surface area contributed by atoms with E-state index >= 15 is 0 Å². The summed E-state index contributed by atoms with van der Waals surface area (Å²) in [6.45, 7) is 0. The quantitative estimate of drug-likeness (QED) is 0.850.